The van der Waals surface area contributed by atoms with Crippen LogP contribution in [0.3, 0.4) is 0 Å². The van der Waals surface area contributed by atoms with Crippen molar-refractivity contribution < 1.29 is 0 Å². The van der Waals surface area contributed by atoms with E-state index in [2.05, 4.69) is 49.9 Å². The van der Waals surface area contributed by atoms with Crippen LogP contribution in [0.2, 0.25) is 0 Å². The minimum Gasteiger partial charge on any atom is -0.317 e. The summed E-state index contributed by atoms with van der Waals surface area (Å²) in [7, 11) is 0. The Bertz CT molecular complexity index is 368. The molecule has 0 saturated heterocycles. The van der Waals surface area contributed by atoms with Crippen LogP contribution in [0.25, 0.3) is 0 Å². The van der Waals surface area contributed by atoms with Crippen molar-refractivity contribution in [3.05, 3.63) is 22.8 Å². The number of nitrogens with zero attached hydrogens (tertiary/aromatic N) is 2. The molecule has 1 aromatic rings. The summed E-state index contributed by atoms with van der Waals surface area (Å²) in [4.78, 5) is 9.30. The van der Waals surface area contributed by atoms with Crippen molar-refractivity contribution in [1.82, 2.24) is 15.3 Å². The van der Waals surface area contributed by atoms with E-state index in [0.717, 1.165) is 48.9 Å². The lowest BCUT2D eigenvalue weighted by Crippen LogP contribution is -2.15. The average molecular weight is 281 g/mol. The Balaban J connectivity index is 2.63. The number of thioether (sulfide) groups is 1. The van der Waals surface area contributed by atoms with Gasteiger partial charge in [0.1, 0.15) is 5.82 Å². The molecule has 108 valence electrons. The molecule has 1 heterocycles. The van der Waals surface area contributed by atoms with Gasteiger partial charge in [0.25, 0.3) is 0 Å². The van der Waals surface area contributed by atoms with E-state index in [0.29, 0.717) is 5.25 Å². The molecule has 0 aromatic carbocycles. The molecule has 0 aliphatic rings. The second-order valence-corrected chi connectivity index (χ2v) is 6.67. The van der Waals surface area contributed by atoms with Gasteiger partial charge in [0, 0.05) is 11.4 Å². The molecule has 0 bridgehead atoms. The third kappa shape index (κ3) is 5.91. The topological polar surface area (TPSA) is 37.8 Å². The minimum atomic E-state index is 0.629. The lowest BCUT2D eigenvalue weighted by molar-refractivity contribution is 0.666. The van der Waals surface area contributed by atoms with Crippen LogP contribution in [0.1, 0.15) is 50.0 Å². The van der Waals surface area contributed by atoms with Gasteiger partial charge in [-0.15, -0.1) is 0 Å². The van der Waals surface area contributed by atoms with Crippen LogP contribution in [0.4, 0.5) is 0 Å². The van der Waals surface area contributed by atoms with E-state index in [9.17, 15) is 0 Å². The Labute approximate surface area is 122 Å². The predicted molar refractivity (Wildman–Crippen MR) is 84.8 cm³/mol. The van der Waals surface area contributed by atoms with Gasteiger partial charge < -0.3 is 5.32 Å². The Kier molecular flexibility index (Phi) is 7.39. The fourth-order valence-corrected chi connectivity index (χ4v) is 2.65. The maximum atomic E-state index is 4.65. The van der Waals surface area contributed by atoms with Crippen LogP contribution in [-0.4, -0.2) is 28.3 Å². The molecule has 0 fully saturated rings. The van der Waals surface area contributed by atoms with E-state index in [1.807, 2.05) is 11.8 Å². The molecule has 3 nitrogen and oxygen atoms in total. The van der Waals surface area contributed by atoms with E-state index in [4.69, 9.17) is 0 Å². The summed E-state index contributed by atoms with van der Waals surface area (Å²) in [6.45, 7) is 12.9. The molecule has 0 atom stereocenters. The Morgan fingerprint density at radius 2 is 1.79 bits per heavy atom. The molecule has 0 unspecified atom stereocenters. The SMILES string of the molecule is CCNCCCc1c(C)nc(CSC(C)C)nc1C. The highest BCUT2D eigenvalue weighted by molar-refractivity contribution is 7.99. The summed E-state index contributed by atoms with van der Waals surface area (Å²) in [6, 6.07) is 0. The highest BCUT2D eigenvalue weighted by Crippen LogP contribution is 2.18. The van der Waals surface area contributed by atoms with Crippen molar-refractivity contribution >= 4 is 11.8 Å². The second kappa shape index (κ2) is 8.54. The zero-order chi connectivity index (χ0) is 14.3. The van der Waals surface area contributed by atoms with Gasteiger partial charge in [-0.25, -0.2) is 9.97 Å². The molecule has 0 spiro atoms. The third-order valence-electron chi connectivity index (χ3n) is 3.04. The van der Waals surface area contributed by atoms with Gasteiger partial charge in [0.2, 0.25) is 0 Å². The first kappa shape index (κ1) is 16.4. The highest BCUT2D eigenvalue weighted by Gasteiger charge is 2.09. The van der Waals surface area contributed by atoms with Gasteiger partial charge in [-0.2, -0.15) is 11.8 Å². The Morgan fingerprint density at radius 3 is 2.32 bits per heavy atom. The molecule has 0 aliphatic carbocycles. The Hall–Kier alpha value is -0.610. The van der Waals surface area contributed by atoms with Crippen LogP contribution in [0.5, 0.6) is 0 Å². The molecule has 1 rings (SSSR count). The molecule has 0 radical (unpaired) electrons. The third-order valence-corrected chi connectivity index (χ3v) is 4.13. The zero-order valence-electron chi connectivity index (χ0n) is 12.9. The molecular weight excluding hydrogens is 254 g/mol. The van der Waals surface area contributed by atoms with Crippen molar-refractivity contribution in [2.45, 2.75) is 58.5 Å². The van der Waals surface area contributed by atoms with Crippen molar-refractivity contribution in [3.8, 4) is 0 Å². The lowest BCUT2D eigenvalue weighted by atomic mass is 10.1. The maximum Gasteiger partial charge on any atom is 0.138 e. The normalized spacial score (nSPS) is 11.3. The van der Waals surface area contributed by atoms with Gasteiger partial charge in [-0.1, -0.05) is 20.8 Å². The number of hydrogen-bond donors (Lipinski definition) is 1. The molecular formula is C15H27N3S. The molecule has 1 aromatic heterocycles. The first-order chi connectivity index (χ1) is 9.04. The monoisotopic (exact) mass is 281 g/mol. The fourth-order valence-electron chi connectivity index (χ4n) is 2.04. The van der Waals surface area contributed by atoms with Crippen molar-refractivity contribution in [1.29, 1.82) is 0 Å². The molecule has 0 amide bonds. The van der Waals surface area contributed by atoms with E-state index < -0.39 is 0 Å². The van der Waals surface area contributed by atoms with Crippen LogP contribution in [0.15, 0.2) is 0 Å². The second-order valence-electron chi connectivity index (χ2n) is 5.11. The van der Waals surface area contributed by atoms with Gasteiger partial charge in [-0.3, -0.25) is 0 Å². The first-order valence-corrected chi connectivity index (χ1v) is 8.24. The largest absolute Gasteiger partial charge is 0.317 e. The summed E-state index contributed by atoms with van der Waals surface area (Å²) in [5, 5.41) is 3.99. The Morgan fingerprint density at radius 1 is 1.16 bits per heavy atom. The van der Waals surface area contributed by atoms with E-state index in [1.54, 1.807) is 0 Å². The summed E-state index contributed by atoms with van der Waals surface area (Å²) >= 11 is 1.90. The number of hydrogen-bond acceptors (Lipinski definition) is 4. The van der Waals surface area contributed by atoms with Gasteiger partial charge >= 0.3 is 0 Å². The number of aromatic nitrogens is 2. The predicted octanol–water partition coefficient (Wildman–Crippen LogP) is 3.28. The molecule has 1 N–H and O–H groups in total. The summed E-state index contributed by atoms with van der Waals surface area (Å²) in [5.41, 5.74) is 3.64. The maximum absolute atomic E-state index is 4.65. The van der Waals surface area contributed by atoms with E-state index in [1.165, 1.54) is 5.56 Å². The standard InChI is InChI=1S/C15H27N3S/c1-6-16-9-7-8-14-12(4)17-15(18-13(14)5)10-19-11(2)3/h11,16H,6-10H2,1-5H3. The van der Waals surface area contributed by atoms with E-state index in [-0.39, 0.29) is 0 Å². The van der Waals surface area contributed by atoms with Gasteiger partial charge in [0.05, 0.1) is 5.75 Å². The summed E-state index contributed by atoms with van der Waals surface area (Å²) < 4.78 is 0. The van der Waals surface area contributed by atoms with Crippen molar-refractivity contribution in [2.24, 2.45) is 0 Å². The van der Waals surface area contributed by atoms with Crippen LogP contribution in [-0.2, 0) is 12.2 Å². The minimum absolute atomic E-state index is 0.629. The quantitative estimate of drug-likeness (QED) is 0.742. The smallest absolute Gasteiger partial charge is 0.138 e. The lowest BCUT2D eigenvalue weighted by Gasteiger charge is -2.11. The van der Waals surface area contributed by atoms with Crippen LogP contribution >= 0.6 is 11.8 Å². The molecule has 19 heavy (non-hydrogen) atoms. The van der Waals surface area contributed by atoms with Gasteiger partial charge in [0.15, 0.2) is 0 Å². The van der Waals surface area contributed by atoms with Crippen LogP contribution in [0, 0.1) is 13.8 Å². The molecule has 4 heteroatoms. The molecule has 0 aliphatic heterocycles. The summed E-state index contributed by atoms with van der Waals surface area (Å²) in [5.74, 6) is 1.89. The zero-order valence-corrected chi connectivity index (χ0v) is 13.7. The average Bonchev–Trinajstić information content (AvgIpc) is 2.34. The fraction of sp³-hybridized carbons (Fsp3) is 0.733. The highest BCUT2D eigenvalue weighted by atomic mass is 32.2. The summed E-state index contributed by atoms with van der Waals surface area (Å²) in [6.07, 6.45) is 2.22. The van der Waals surface area contributed by atoms with E-state index >= 15 is 0 Å². The molecule has 0 saturated carbocycles. The number of nitrogens with one attached hydrogen (secondary N) is 1. The van der Waals surface area contributed by atoms with Crippen molar-refractivity contribution in [2.75, 3.05) is 13.1 Å². The van der Waals surface area contributed by atoms with Gasteiger partial charge in [-0.05, 0) is 50.6 Å². The number of rotatable bonds is 8. The first-order valence-electron chi connectivity index (χ1n) is 7.19. The number of aryl methyl sites for hydroxylation is 2. The van der Waals surface area contributed by atoms with Crippen molar-refractivity contribution in [3.63, 3.8) is 0 Å². The van der Waals surface area contributed by atoms with Crippen LogP contribution < -0.4 is 5.32 Å².